The zero-order valence-corrected chi connectivity index (χ0v) is 11.0. The lowest BCUT2D eigenvalue weighted by Crippen LogP contribution is -2.00. The predicted molar refractivity (Wildman–Crippen MR) is 73.0 cm³/mol. The predicted octanol–water partition coefficient (Wildman–Crippen LogP) is 2.94. The standard InChI is InChI=1S/C12H14N2S2/c1-14(2)9-5-8-13-12-15-10-6-3-4-7-11(10)16-12/h3-7,9H,8H2,1-2H3. The van der Waals surface area contributed by atoms with E-state index in [9.17, 15) is 0 Å². The van der Waals surface area contributed by atoms with Crippen LogP contribution in [0.3, 0.4) is 0 Å². The third-order valence-corrected chi connectivity index (χ3v) is 4.36. The average molecular weight is 250 g/mol. The first kappa shape index (κ1) is 11.4. The van der Waals surface area contributed by atoms with Gasteiger partial charge in [-0.2, -0.15) is 0 Å². The van der Waals surface area contributed by atoms with Gasteiger partial charge in [0.05, 0.1) is 6.54 Å². The highest BCUT2D eigenvalue weighted by molar-refractivity contribution is 7.35. The fourth-order valence-corrected chi connectivity index (χ4v) is 3.52. The minimum atomic E-state index is 0.751. The molecule has 2 nitrogen and oxygen atoms in total. The molecule has 1 heterocycles. The van der Waals surface area contributed by atoms with Crippen molar-refractivity contribution >= 4 is 32.1 Å². The molecule has 16 heavy (non-hydrogen) atoms. The Bertz CT molecular complexity index is 513. The maximum absolute atomic E-state index is 4.54. The van der Waals surface area contributed by atoms with Gasteiger partial charge in [0.25, 0.3) is 0 Å². The number of hydrogen-bond acceptors (Lipinski definition) is 4. The molecule has 0 spiro atoms. The Labute approximate surface area is 103 Å². The van der Waals surface area contributed by atoms with E-state index in [1.54, 1.807) is 22.7 Å². The van der Waals surface area contributed by atoms with Crippen LogP contribution in [0.2, 0.25) is 0 Å². The zero-order chi connectivity index (χ0) is 11.4. The average Bonchev–Trinajstić information content (AvgIpc) is 2.66. The normalized spacial score (nSPS) is 11.1. The first-order valence-electron chi connectivity index (χ1n) is 5.08. The van der Waals surface area contributed by atoms with Gasteiger partial charge >= 0.3 is 0 Å². The van der Waals surface area contributed by atoms with E-state index in [1.165, 1.54) is 9.40 Å². The van der Waals surface area contributed by atoms with Gasteiger partial charge in [0.1, 0.15) is 0 Å². The molecule has 0 radical (unpaired) electrons. The van der Waals surface area contributed by atoms with Crippen molar-refractivity contribution in [2.75, 3.05) is 20.6 Å². The number of fused-ring (bicyclic) bond motifs is 1. The minimum absolute atomic E-state index is 0.751. The summed E-state index contributed by atoms with van der Waals surface area (Å²) in [6, 6.07) is 8.43. The monoisotopic (exact) mass is 250 g/mol. The summed E-state index contributed by atoms with van der Waals surface area (Å²) in [5.41, 5.74) is 0. The van der Waals surface area contributed by atoms with Crippen LogP contribution in [0.15, 0.2) is 41.5 Å². The topological polar surface area (TPSA) is 15.6 Å². The molecule has 4 heteroatoms. The third kappa shape index (κ3) is 2.93. The molecule has 0 saturated heterocycles. The summed E-state index contributed by atoms with van der Waals surface area (Å²) in [4.78, 5) is 6.56. The number of rotatable bonds is 3. The van der Waals surface area contributed by atoms with E-state index >= 15 is 0 Å². The van der Waals surface area contributed by atoms with Crippen LogP contribution in [0.1, 0.15) is 0 Å². The number of hydrogen-bond donors (Lipinski definition) is 0. The van der Waals surface area contributed by atoms with Gasteiger partial charge in [0.15, 0.2) is 3.98 Å². The number of benzene rings is 1. The van der Waals surface area contributed by atoms with E-state index in [0.29, 0.717) is 0 Å². The molecule has 0 amide bonds. The summed E-state index contributed by atoms with van der Waals surface area (Å²) < 4.78 is 3.79. The Morgan fingerprint density at radius 3 is 2.38 bits per heavy atom. The molecule has 84 valence electrons. The molecule has 0 atom stereocenters. The van der Waals surface area contributed by atoms with Crippen LogP contribution >= 0.6 is 22.7 Å². The molecule has 0 saturated carbocycles. The summed E-state index contributed by atoms with van der Waals surface area (Å²) >= 11 is 3.52. The lowest BCUT2D eigenvalue weighted by Gasteiger charge is -2.01. The van der Waals surface area contributed by atoms with Crippen molar-refractivity contribution in [3.63, 3.8) is 0 Å². The Kier molecular flexibility index (Phi) is 3.74. The molecular formula is C12H14N2S2. The first-order chi connectivity index (χ1) is 7.75. The van der Waals surface area contributed by atoms with E-state index < -0.39 is 0 Å². The highest BCUT2D eigenvalue weighted by Gasteiger charge is 1.95. The molecule has 0 aliphatic carbocycles. The van der Waals surface area contributed by atoms with E-state index in [4.69, 9.17) is 0 Å². The smallest absolute Gasteiger partial charge is 0.167 e. The number of nitrogens with zero attached hydrogens (tertiary/aromatic N) is 2. The largest absolute Gasteiger partial charge is 0.384 e. The van der Waals surface area contributed by atoms with Crippen molar-refractivity contribution in [3.8, 4) is 0 Å². The molecule has 0 bridgehead atoms. The lowest BCUT2D eigenvalue weighted by atomic mass is 10.4. The van der Waals surface area contributed by atoms with Crippen LogP contribution in [-0.2, 0) is 0 Å². The van der Waals surface area contributed by atoms with Crippen molar-refractivity contribution < 1.29 is 0 Å². The van der Waals surface area contributed by atoms with Gasteiger partial charge in [-0.05, 0) is 24.4 Å². The van der Waals surface area contributed by atoms with Crippen LogP contribution in [0.4, 0.5) is 0 Å². The zero-order valence-electron chi connectivity index (χ0n) is 9.38. The van der Waals surface area contributed by atoms with Crippen LogP contribution < -0.4 is 3.98 Å². The molecule has 2 aromatic rings. The van der Waals surface area contributed by atoms with E-state index in [-0.39, 0.29) is 0 Å². The van der Waals surface area contributed by atoms with Crippen LogP contribution in [-0.4, -0.2) is 25.5 Å². The molecule has 0 unspecified atom stereocenters. The maximum Gasteiger partial charge on any atom is 0.167 e. The third-order valence-electron chi connectivity index (χ3n) is 1.97. The molecular weight excluding hydrogens is 236 g/mol. The molecule has 1 aromatic heterocycles. The summed E-state index contributed by atoms with van der Waals surface area (Å²) in [7, 11) is 4.02. The molecule has 0 fully saturated rings. The Morgan fingerprint density at radius 1 is 1.19 bits per heavy atom. The maximum atomic E-state index is 4.54. The van der Waals surface area contributed by atoms with Crippen LogP contribution in [0, 0.1) is 0 Å². The molecule has 0 N–H and O–H groups in total. The SMILES string of the molecule is CN(C)C=CCN=c1sc2ccccc2s1. The van der Waals surface area contributed by atoms with Gasteiger partial charge in [0.2, 0.25) is 0 Å². The summed E-state index contributed by atoms with van der Waals surface area (Å²) in [6.45, 7) is 0.751. The highest BCUT2D eigenvalue weighted by Crippen LogP contribution is 2.19. The van der Waals surface area contributed by atoms with Crippen LogP contribution in [0.5, 0.6) is 0 Å². The highest BCUT2D eigenvalue weighted by atomic mass is 32.2. The second kappa shape index (κ2) is 5.27. The first-order valence-corrected chi connectivity index (χ1v) is 6.71. The van der Waals surface area contributed by atoms with Gasteiger partial charge < -0.3 is 4.90 Å². The molecule has 0 aliphatic heterocycles. The van der Waals surface area contributed by atoms with Crippen LogP contribution in [0.25, 0.3) is 9.40 Å². The van der Waals surface area contributed by atoms with Gasteiger partial charge in [-0.1, -0.05) is 12.1 Å². The molecule has 2 rings (SSSR count). The van der Waals surface area contributed by atoms with Crippen molar-refractivity contribution in [2.24, 2.45) is 4.99 Å². The van der Waals surface area contributed by atoms with Gasteiger partial charge in [-0.15, -0.1) is 22.7 Å². The van der Waals surface area contributed by atoms with Gasteiger partial charge in [-0.3, -0.25) is 4.99 Å². The summed E-state index contributed by atoms with van der Waals surface area (Å²) in [5.74, 6) is 0. The van der Waals surface area contributed by atoms with Gasteiger partial charge in [-0.25, -0.2) is 0 Å². The Morgan fingerprint density at radius 2 is 1.81 bits per heavy atom. The Balaban J connectivity index is 2.17. The Hall–Kier alpha value is -1.13. The fraction of sp³-hybridized carbons (Fsp3) is 0.250. The van der Waals surface area contributed by atoms with Crippen molar-refractivity contribution in [1.82, 2.24) is 4.90 Å². The van der Waals surface area contributed by atoms with Crippen molar-refractivity contribution in [3.05, 3.63) is 40.5 Å². The van der Waals surface area contributed by atoms with E-state index in [0.717, 1.165) is 10.5 Å². The lowest BCUT2D eigenvalue weighted by molar-refractivity contribution is 0.562. The quantitative estimate of drug-likeness (QED) is 0.818. The fourth-order valence-electron chi connectivity index (χ4n) is 1.28. The van der Waals surface area contributed by atoms with Crippen molar-refractivity contribution in [2.45, 2.75) is 0 Å². The van der Waals surface area contributed by atoms with Gasteiger partial charge in [0, 0.05) is 23.5 Å². The summed E-state index contributed by atoms with van der Waals surface area (Å²) in [6.07, 6.45) is 4.10. The summed E-state index contributed by atoms with van der Waals surface area (Å²) in [5, 5.41) is 0. The minimum Gasteiger partial charge on any atom is -0.384 e. The van der Waals surface area contributed by atoms with Crippen molar-refractivity contribution in [1.29, 1.82) is 0 Å². The molecule has 1 aromatic carbocycles. The second-order valence-electron chi connectivity index (χ2n) is 3.61. The molecule has 0 aliphatic rings. The second-order valence-corrected chi connectivity index (χ2v) is 5.93. The van der Waals surface area contributed by atoms with E-state index in [2.05, 4.69) is 35.3 Å². The van der Waals surface area contributed by atoms with E-state index in [1.807, 2.05) is 25.2 Å².